The van der Waals surface area contributed by atoms with Crippen LogP contribution in [-0.2, 0) is 19.3 Å². The first-order valence-electron chi connectivity index (χ1n) is 8.63. The van der Waals surface area contributed by atoms with Crippen molar-refractivity contribution in [3.05, 3.63) is 56.0 Å². The van der Waals surface area contributed by atoms with Crippen molar-refractivity contribution >= 4 is 49.0 Å². The summed E-state index contributed by atoms with van der Waals surface area (Å²) < 4.78 is 0.955. The van der Waals surface area contributed by atoms with E-state index in [1.165, 1.54) is 41.0 Å². The van der Waals surface area contributed by atoms with Crippen molar-refractivity contribution in [2.24, 2.45) is 0 Å². The molecule has 0 aliphatic heterocycles. The van der Waals surface area contributed by atoms with Crippen molar-refractivity contribution in [2.75, 3.05) is 5.73 Å². The molecule has 0 bridgehead atoms. The van der Waals surface area contributed by atoms with Gasteiger partial charge in [0.1, 0.15) is 9.71 Å². The van der Waals surface area contributed by atoms with Gasteiger partial charge >= 0.3 is 0 Å². The predicted octanol–water partition coefficient (Wildman–Crippen LogP) is 5.31. The molecule has 25 heavy (non-hydrogen) atoms. The largest absolute Gasteiger partial charge is 0.397 e. The van der Waals surface area contributed by atoms with Gasteiger partial charge in [-0.25, -0.2) is 4.98 Å². The van der Waals surface area contributed by atoms with Gasteiger partial charge in [0.2, 0.25) is 5.78 Å². The van der Waals surface area contributed by atoms with E-state index in [-0.39, 0.29) is 5.78 Å². The van der Waals surface area contributed by atoms with Crippen LogP contribution in [0.25, 0.3) is 10.2 Å². The lowest BCUT2D eigenvalue weighted by molar-refractivity contribution is 0.104. The lowest BCUT2D eigenvalue weighted by Gasteiger charge is -2.19. The van der Waals surface area contributed by atoms with Crippen LogP contribution in [0.3, 0.4) is 0 Å². The van der Waals surface area contributed by atoms with E-state index in [0.29, 0.717) is 16.1 Å². The molecule has 0 fully saturated rings. The second kappa shape index (κ2) is 6.54. The summed E-state index contributed by atoms with van der Waals surface area (Å²) in [7, 11) is 0. The number of carbonyl (C=O) groups is 1. The Balaban J connectivity index is 1.90. The summed E-state index contributed by atoms with van der Waals surface area (Å²) in [5, 5.41) is 1.03. The van der Waals surface area contributed by atoms with Crippen molar-refractivity contribution < 1.29 is 4.79 Å². The van der Waals surface area contributed by atoms with Crippen LogP contribution in [-0.4, -0.2) is 10.8 Å². The van der Waals surface area contributed by atoms with Gasteiger partial charge in [-0.2, -0.15) is 0 Å². The standard InChI is InChI=1S/C20H19BrN2OS/c1-2-15-13-5-3-4-6-14(13)16-17(22)19(25-20(16)23-15)18(24)11-7-9-12(21)10-8-11/h7-10H,2-6,22H2,1H3. The number of anilines is 1. The highest BCUT2D eigenvalue weighted by molar-refractivity contribution is 9.10. The Hall–Kier alpha value is -1.72. The molecule has 0 amide bonds. The Morgan fingerprint density at radius 3 is 2.56 bits per heavy atom. The van der Waals surface area contributed by atoms with E-state index in [9.17, 15) is 4.79 Å². The van der Waals surface area contributed by atoms with Gasteiger partial charge in [-0.1, -0.05) is 22.9 Å². The Morgan fingerprint density at radius 2 is 1.88 bits per heavy atom. The molecule has 2 N–H and O–H groups in total. The van der Waals surface area contributed by atoms with Gasteiger partial charge < -0.3 is 5.73 Å². The van der Waals surface area contributed by atoms with Crippen LogP contribution in [0.15, 0.2) is 28.7 Å². The number of benzene rings is 1. The summed E-state index contributed by atoms with van der Waals surface area (Å²) in [6, 6.07) is 7.42. The number of aryl methyl sites for hydroxylation is 2. The molecule has 1 aliphatic rings. The minimum Gasteiger partial charge on any atom is -0.397 e. The smallest absolute Gasteiger partial charge is 0.205 e. The zero-order valence-electron chi connectivity index (χ0n) is 14.1. The molecule has 0 atom stereocenters. The lowest BCUT2D eigenvalue weighted by Crippen LogP contribution is -2.09. The average molecular weight is 415 g/mol. The van der Waals surface area contributed by atoms with Crippen LogP contribution in [0.5, 0.6) is 0 Å². The first kappa shape index (κ1) is 16.7. The number of nitrogen functional groups attached to an aromatic ring is 1. The fourth-order valence-corrected chi connectivity index (χ4v) is 5.06. The third-order valence-corrected chi connectivity index (χ3v) is 6.56. The van der Waals surface area contributed by atoms with E-state index < -0.39 is 0 Å². The van der Waals surface area contributed by atoms with Crippen LogP contribution in [0.4, 0.5) is 5.69 Å². The van der Waals surface area contributed by atoms with Gasteiger partial charge in [-0.05, 0) is 67.5 Å². The zero-order valence-corrected chi connectivity index (χ0v) is 16.5. The number of nitrogens with zero attached hydrogens (tertiary/aromatic N) is 1. The highest BCUT2D eigenvalue weighted by Gasteiger charge is 2.25. The van der Waals surface area contributed by atoms with Crippen molar-refractivity contribution in [3.8, 4) is 0 Å². The SMILES string of the molecule is CCc1nc2sc(C(=O)c3ccc(Br)cc3)c(N)c2c2c1CCCC2. The van der Waals surface area contributed by atoms with Gasteiger partial charge in [0, 0.05) is 21.1 Å². The molecule has 0 saturated carbocycles. The zero-order chi connectivity index (χ0) is 17.6. The van der Waals surface area contributed by atoms with E-state index in [1.54, 1.807) is 0 Å². The maximum atomic E-state index is 13.0. The van der Waals surface area contributed by atoms with Gasteiger partial charge in [-0.15, -0.1) is 11.3 Å². The number of aromatic nitrogens is 1. The molecule has 2 aromatic heterocycles. The summed E-state index contributed by atoms with van der Waals surface area (Å²) in [4.78, 5) is 19.3. The van der Waals surface area contributed by atoms with Crippen LogP contribution < -0.4 is 5.73 Å². The molecule has 0 saturated heterocycles. The van der Waals surface area contributed by atoms with Gasteiger partial charge in [0.25, 0.3) is 0 Å². The normalized spacial score (nSPS) is 13.8. The fourth-order valence-electron chi connectivity index (χ4n) is 3.68. The molecule has 0 radical (unpaired) electrons. The van der Waals surface area contributed by atoms with E-state index in [4.69, 9.17) is 10.7 Å². The van der Waals surface area contributed by atoms with Crippen molar-refractivity contribution in [1.82, 2.24) is 4.98 Å². The molecule has 0 spiro atoms. The Labute approximate surface area is 159 Å². The summed E-state index contributed by atoms with van der Waals surface area (Å²) in [5.41, 5.74) is 11.6. The summed E-state index contributed by atoms with van der Waals surface area (Å²) in [5.74, 6) is -0.0180. The second-order valence-electron chi connectivity index (χ2n) is 6.44. The van der Waals surface area contributed by atoms with E-state index >= 15 is 0 Å². The second-order valence-corrected chi connectivity index (χ2v) is 8.35. The first-order valence-corrected chi connectivity index (χ1v) is 10.2. The number of hydrogen-bond donors (Lipinski definition) is 1. The average Bonchev–Trinajstić information content (AvgIpc) is 2.98. The van der Waals surface area contributed by atoms with Crippen LogP contribution in [0.1, 0.15) is 51.8 Å². The van der Waals surface area contributed by atoms with Crippen LogP contribution in [0, 0.1) is 0 Å². The molecule has 5 heteroatoms. The Morgan fingerprint density at radius 1 is 1.20 bits per heavy atom. The fraction of sp³-hybridized carbons (Fsp3) is 0.300. The number of halogens is 1. The first-order chi connectivity index (χ1) is 12.1. The highest BCUT2D eigenvalue weighted by Crippen LogP contribution is 2.40. The van der Waals surface area contributed by atoms with Crippen molar-refractivity contribution in [1.29, 1.82) is 0 Å². The number of nitrogens with two attached hydrogens (primary N) is 1. The monoisotopic (exact) mass is 414 g/mol. The minimum absolute atomic E-state index is 0.0180. The molecule has 1 aromatic carbocycles. The number of fused-ring (bicyclic) bond motifs is 3. The molecular weight excluding hydrogens is 396 g/mol. The van der Waals surface area contributed by atoms with E-state index in [0.717, 1.165) is 34.0 Å². The van der Waals surface area contributed by atoms with Crippen LogP contribution >= 0.6 is 27.3 Å². The Kier molecular flexibility index (Phi) is 4.38. The number of pyridine rings is 1. The summed E-state index contributed by atoms with van der Waals surface area (Å²) >= 11 is 4.84. The quantitative estimate of drug-likeness (QED) is 0.590. The highest BCUT2D eigenvalue weighted by atomic mass is 79.9. The number of ketones is 1. The minimum atomic E-state index is -0.0180. The molecule has 3 aromatic rings. The third kappa shape index (κ3) is 2.79. The third-order valence-electron chi connectivity index (χ3n) is 4.93. The topological polar surface area (TPSA) is 56.0 Å². The lowest BCUT2D eigenvalue weighted by atomic mass is 9.88. The predicted molar refractivity (Wildman–Crippen MR) is 108 cm³/mol. The van der Waals surface area contributed by atoms with E-state index in [2.05, 4.69) is 22.9 Å². The molecular formula is C20H19BrN2OS. The molecule has 2 heterocycles. The van der Waals surface area contributed by atoms with Crippen molar-refractivity contribution in [3.63, 3.8) is 0 Å². The van der Waals surface area contributed by atoms with E-state index in [1.807, 2.05) is 24.3 Å². The molecule has 3 nitrogen and oxygen atoms in total. The summed E-state index contributed by atoms with van der Waals surface area (Å²) in [6.07, 6.45) is 5.43. The maximum absolute atomic E-state index is 13.0. The maximum Gasteiger partial charge on any atom is 0.205 e. The van der Waals surface area contributed by atoms with Crippen molar-refractivity contribution in [2.45, 2.75) is 39.0 Å². The number of rotatable bonds is 3. The Bertz CT molecular complexity index is 976. The van der Waals surface area contributed by atoms with Gasteiger partial charge in [0.05, 0.1) is 5.69 Å². The van der Waals surface area contributed by atoms with Crippen LogP contribution in [0.2, 0.25) is 0 Å². The number of hydrogen-bond acceptors (Lipinski definition) is 4. The summed E-state index contributed by atoms with van der Waals surface area (Å²) in [6.45, 7) is 2.15. The number of carbonyl (C=O) groups excluding carboxylic acids is 1. The molecule has 4 rings (SSSR count). The van der Waals surface area contributed by atoms with Gasteiger partial charge in [-0.3, -0.25) is 4.79 Å². The number of thiophene rings is 1. The molecule has 1 aliphatic carbocycles. The van der Waals surface area contributed by atoms with Gasteiger partial charge in [0.15, 0.2) is 0 Å². The molecule has 0 unspecified atom stereocenters. The molecule has 128 valence electrons.